The van der Waals surface area contributed by atoms with Gasteiger partial charge in [0.1, 0.15) is 11.3 Å². The summed E-state index contributed by atoms with van der Waals surface area (Å²) in [5, 5.41) is 12.7. The molecular formula is C23H21NO3. The molecule has 0 aromatic heterocycles. The number of ether oxygens (including phenoxy) is 1. The van der Waals surface area contributed by atoms with Crippen molar-refractivity contribution in [2.75, 3.05) is 6.61 Å². The summed E-state index contributed by atoms with van der Waals surface area (Å²) in [7, 11) is 0. The highest BCUT2D eigenvalue weighted by Crippen LogP contribution is 2.25. The fraction of sp³-hybridized carbons (Fsp3) is 0.130. The van der Waals surface area contributed by atoms with E-state index in [1.807, 2.05) is 66.7 Å². The predicted molar refractivity (Wildman–Crippen MR) is 109 cm³/mol. The van der Waals surface area contributed by atoms with Crippen molar-refractivity contribution in [2.45, 2.75) is 13.5 Å². The van der Waals surface area contributed by atoms with E-state index in [4.69, 9.17) is 4.74 Å². The zero-order valence-corrected chi connectivity index (χ0v) is 15.1. The molecule has 0 heterocycles. The van der Waals surface area contributed by atoms with Gasteiger partial charge in [0.25, 0.3) is 0 Å². The number of fused-ring (bicyclic) bond motifs is 1. The van der Waals surface area contributed by atoms with E-state index >= 15 is 0 Å². The van der Waals surface area contributed by atoms with Crippen LogP contribution in [0.4, 0.5) is 0 Å². The zero-order valence-electron chi connectivity index (χ0n) is 15.1. The van der Waals surface area contributed by atoms with Crippen molar-refractivity contribution in [1.82, 2.24) is 0 Å². The molecule has 0 amide bonds. The molecule has 0 saturated heterocycles. The van der Waals surface area contributed by atoms with Crippen LogP contribution < -0.4 is 0 Å². The zero-order chi connectivity index (χ0) is 19.1. The second-order valence-electron chi connectivity index (χ2n) is 5.96. The minimum Gasteiger partial charge on any atom is -0.506 e. The van der Waals surface area contributed by atoms with Crippen LogP contribution in [0.15, 0.2) is 83.4 Å². The molecule has 0 radical (unpaired) electrons. The number of esters is 1. The fourth-order valence-corrected chi connectivity index (χ4v) is 2.82. The van der Waals surface area contributed by atoms with E-state index in [-0.39, 0.29) is 17.9 Å². The molecule has 1 N–H and O–H groups in total. The Morgan fingerprint density at radius 1 is 1.00 bits per heavy atom. The average Bonchev–Trinajstić information content (AvgIpc) is 2.71. The third-order valence-electron chi connectivity index (χ3n) is 4.13. The van der Waals surface area contributed by atoms with Crippen molar-refractivity contribution < 1.29 is 14.6 Å². The van der Waals surface area contributed by atoms with Crippen LogP contribution in [-0.2, 0) is 16.1 Å². The van der Waals surface area contributed by atoms with Crippen molar-refractivity contribution >= 4 is 28.7 Å². The number of nitrogens with zero attached hydrogens (tertiary/aromatic N) is 1. The predicted octanol–water partition coefficient (Wildman–Crippen LogP) is 4.94. The highest BCUT2D eigenvalue weighted by Gasteiger charge is 2.17. The molecule has 0 aliphatic rings. The van der Waals surface area contributed by atoms with Crippen molar-refractivity contribution in [1.29, 1.82) is 0 Å². The van der Waals surface area contributed by atoms with Crippen LogP contribution in [-0.4, -0.2) is 23.9 Å². The third kappa shape index (κ3) is 4.42. The first-order chi connectivity index (χ1) is 13.2. The number of carbonyl (C=O) groups excluding carboxylic acids is 1. The van der Waals surface area contributed by atoms with Crippen LogP contribution in [0.2, 0.25) is 0 Å². The molecule has 0 aliphatic carbocycles. The summed E-state index contributed by atoms with van der Waals surface area (Å²) in [5.41, 5.74) is 1.63. The summed E-state index contributed by atoms with van der Waals surface area (Å²) >= 11 is 0. The van der Waals surface area contributed by atoms with Crippen LogP contribution in [0, 0.1) is 0 Å². The van der Waals surface area contributed by atoms with Gasteiger partial charge in [-0.2, -0.15) is 0 Å². The molecule has 3 rings (SSSR count). The van der Waals surface area contributed by atoms with Gasteiger partial charge < -0.3 is 9.84 Å². The lowest BCUT2D eigenvalue weighted by Gasteiger charge is -2.09. The third-order valence-corrected chi connectivity index (χ3v) is 4.13. The molecule has 0 unspecified atom stereocenters. The van der Waals surface area contributed by atoms with E-state index in [2.05, 4.69) is 4.99 Å². The summed E-state index contributed by atoms with van der Waals surface area (Å²) in [4.78, 5) is 16.7. The molecule has 4 heteroatoms. The highest BCUT2D eigenvalue weighted by molar-refractivity contribution is 6.16. The molecule has 3 aromatic carbocycles. The van der Waals surface area contributed by atoms with E-state index < -0.39 is 5.97 Å². The first-order valence-corrected chi connectivity index (χ1v) is 8.83. The standard InChI is InChI=1S/C23H21NO3/c1-2-27-23(26)21(16-24-15-17-9-4-3-5-10-17)22(25)20-14-8-12-18-11-6-7-13-19(18)20/h3-14,16,25H,2,15H2,1H3/b22-21+,24-16?. The summed E-state index contributed by atoms with van der Waals surface area (Å²) < 4.78 is 5.11. The van der Waals surface area contributed by atoms with Crippen molar-refractivity contribution in [3.63, 3.8) is 0 Å². The van der Waals surface area contributed by atoms with Gasteiger partial charge >= 0.3 is 5.97 Å². The van der Waals surface area contributed by atoms with Crippen LogP contribution in [0.25, 0.3) is 16.5 Å². The van der Waals surface area contributed by atoms with E-state index in [9.17, 15) is 9.90 Å². The largest absolute Gasteiger partial charge is 0.506 e. The average molecular weight is 359 g/mol. The van der Waals surface area contributed by atoms with E-state index in [0.29, 0.717) is 12.1 Å². The van der Waals surface area contributed by atoms with Gasteiger partial charge in [-0.3, -0.25) is 4.99 Å². The quantitative estimate of drug-likeness (QED) is 0.293. The monoisotopic (exact) mass is 359 g/mol. The molecule has 4 nitrogen and oxygen atoms in total. The van der Waals surface area contributed by atoms with Gasteiger partial charge in [-0.25, -0.2) is 4.79 Å². The summed E-state index contributed by atoms with van der Waals surface area (Å²) in [6, 6.07) is 23.0. The number of carbonyl (C=O) groups is 1. The second kappa shape index (κ2) is 8.81. The topological polar surface area (TPSA) is 58.9 Å². The van der Waals surface area contributed by atoms with E-state index in [0.717, 1.165) is 16.3 Å². The molecule has 0 bridgehead atoms. The maximum absolute atomic E-state index is 12.4. The summed E-state index contributed by atoms with van der Waals surface area (Å²) in [6.45, 7) is 2.36. The number of aliphatic hydroxyl groups is 1. The van der Waals surface area contributed by atoms with Gasteiger partial charge in [0.2, 0.25) is 0 Å². The number of aliphatic imine (C=N–C) groups is 1. The van der Waals surface area contributed by atoms with Gasteiger partial charge in [0, 0.05) is 11.8 Å². The molecule has 27 heavy (non-hydrogen) atoms. The molecule has 136 valence electrons. The lowest BCUT2D eigenvalue weighted by atomic mass is 10.0. The smallest absolute Gasteiger partial charge is 0.343 e. The number of hydrogen-bond donors (Lipinski definition) is 1. The Morgan fingerprint density at radius 2 is 1.70 bits per heavy atom. The Morgan fingerprint density at radius 3 is 2.48 bits per heavy atom. The lowest BCUT2D eigenvalue weighted by molar-refractivity contribution is -0.137. The normalized spacial score (nSPS) is 12.2. The number of aliphatic hydroxyl groups excluding tert-OH is 1. The Balaban J connectivity index is 2.01. The molecule has 0 saturated carbocycles. The minimum absolute atomic E-state index is 0.0455. The first-order valence-electron chi connectivity index (χ1n) is 8.83. The fourth-order valence-electron chi connectivity index (χ4n) is 2.82. The van der Waals surface area contributed by atoms with Crippen molar-refractivity contribution in [2.24, 2.45) is 4.99 Å². The molecular weight excluding hydrogens is 338 g/mol. The molecule has 3 aromatic rings. The maximum atomic E-state index is 12.4. The lowest BCUT2D eigenvalue weighted by Crippen LogP contribution is -2.11. The summed E-state index contributed by atoms with van der Waals surface area (Å²) in [5.74, 6) is -0.734. The van der Waals surface area contributed by atoms with Gasteiger partial charge in [0.15, 0.2) is 0 Å². The Bertz CT molecular complexity index is 985. The maximum Gasteiger partial charge on any atom is 0.343 e. The Labute approximate surface area is 158 Å². The van der Waals surface area contributed by atoms with E-state index in [1.54, 1.807) is 13.0 Å². The molecule has 0 aliphatic heterocycles. The van der Waals surface area contributed by atoms with E-state index in [1.165, 1.54) is 6.21 Å². The minimum atomic E-state index is -0.597. The number of rotatable bonds is 6. The van der Waals surface area contributed by atoms with Gasteiger partial charge in [-0.1, -0.05) is 72.8 Å². The van der Waals surface area contributed by atoms with Crippen molar-refractivity contribution in [3.05, 3.63) is 89.5 Å². The first kappa shape index (κ1) is 18.4. The Kier molecular flexibility index (Phi) is 6.00. The van der Waals surface area contributed by atoms with Crippen molar-refractivity contribution in [3.8, 4) is 0 Å². The SMILES string of the molecule is CCOC(=O)/C(C=NCc1ccccc1)=C(/O)c1cccc2ccccc12. The van der Waals surface area contributed by atoms with Crippen LogP contribution in [0.3, 0.4) is 0 Å². The molecule has 0 atom stereocenters. The second-order valence-corrected chi connectivity index (χ2v) is 5.96. The molecule has 0 fully saturated rings. The van der Waals surface area contributed by atoms with Crippen LogP contribution in [0.1, 0.15) is 18.1 Å². The molecule has 0 spiro atoms. The number of hydrogen-bond acceptors (Lipinski definition) is 4. The van der Waals surface area contributed by atoms with Gasteiger partial charge in [-0.05, 0) is 23.3 Å². The number of benzene rings is 3. The van der Waals surface area contributed by atoms with Gasteiger partial charge in [-0.15, -0.1) is 0 Å². The van der Waals surface area contributed by atoms with Crippen LogP contribution in [0.5, 0.6) is 0 Å². The highest BCUT2D eigenvalue weighted by atomic mass is 16.5. The van der Waals surface area contributed by atoms with Crippen LogP contribution >= 0.6 is 0 Å². The summed E-state index contributed by atoms with van der Waals surface area (Å²) in [6.07, 6.45) is 1.39. The Hall–Kier alpha value is -3.40. The van der Waals surface area contributed by atoms with Gasteiger partial charge in [0.05, 0.1) is 13.2 Å².